The Morgan fingerprint density at radius 3 is 2.47 bits per heavy atom. The quantitative estimate of drug-likeness (QED) is 0.328. The summed E-state index contributed by atoms with van der Waals surface area (Å²) in [5, 5.41) is 9.66. The normalized spacial score (nSPS) is 11.1. The largest absolute Gasteiger partial charge is 0.497 e. The molecule has 0 atom stereocenters. The van der Waals surface area contributed by atoms with Gasteiger partial charge in [0, 0.05) is 22.5 Å². The van der Waals surface area contributed by atoms with Crippen LogP contribution in [-0.2, 0) is 0 Å². The summed E-state index contributed by atoms with van der Waals surface area (Å²) in [4.78, 5) is 13.2. The van der Waals surface area contributed by atoms with Gasteiger partial charge in [0.2, 0.25) is 5.78 Å². The highest BCUT2D eigenvalue weighted by Crippen LogP contribution is 2.28. The molecule has 0 aliphatic carbocycles. The number of methoxy groups -OCH3 is 2. The first-order chi connectivity index (χ1) is 14.4. The van der Waals surface area contributed by atoms with E-state index in [2.05, 4.69) is 0 Å². The van der Waals surface area contributed by atoms with Gasteiger partial charge in [-0.25, -0.2) is 4.39 Å². The van der Waals surface area contributed by atoms with Gasteiger partial charge >= 0.3 is 0 Å². The van der Waals surface area contributed by atoms with Crippen molar-refractivity contribution < 1.29 is 18.7 Å². The molecule has 0 aliphatic heterocycles. The molecule has 2 aromatic carbocycles. The van der Waals surface area contributed by atoms with Crippen LogP contribution < -0.4 is 9.47 Å². The molecule has 152 valence electrons. The second kappa shape index (κ2) is 8.66. The highest BCUT2D eigenvalue weighted by molar-refractivity contribution is 6.15. The number of ketones is 1. The molecule has 0 saturated carbocycles. The molecule has 30 heavy (non-hydrogen) atoms. The lowest BCUT2D eigenvalue weighted by Gasteiger charge is -2.11. The van der Waals surface area contributed by atoms with Crippen LogP contribution in [0.5, 0.6) is 11.5 Å². The first-order valence-corrected chi connectivity index (χ1v) is 9.23. The number of carbonyl (C=O) groups excluding carboxylic acids is 1. The van der Waals surface area contributed by atoms with E-state index in [0.29, 0.717) is 39.7 Å². The topological polar surface area (TPSA) is 64.2 Å². The molecule has 0 aliphatic rings. The van der Waals surface area contributed by atoms with Crippen molar-refractivity contribution in [2.45, 2.75) is 13.8 Å². The fourth-order valence-electron chi connectivity index (χ4n) is 3.40. The summed E-state index contributed by atoms with van der Waals surface area (Å²) in [5.74, 6) is 0.242. The molecule has 3 aromatic rings. The van der Waals surface area contributed by atoms with E-state index in [0.717, 1.165) is 0 Å². The highest BCUT2D eigenvalue weighted by atomic mass is 19.1. The van der Waals surface area contributed by atoms with E-state index in [-0.39, 0.29) is 5.57 Å². The van der Waals surface area contributed by atoms with Crippen LogP contribution in [0.15, 0.2) is 54.1 Å². The van der Waals surface area contributed by atoms with Crippen molar-refractivity contribution >= 4 is 11.9 Å². The minimum absolute atomic E-state index is 0.0599. The van der Waals surface area contributed by atoms with Gasteiger partial charge in [0.1, 0.15) is 29.0 Å². The van der Waals surface area contributed by atoms with Gasteiger partial charge in [-0.2, -0.15) is 5.26 Å². The number of hydrogen-bond acceptors (Lipinski definition) is 4. The smallest absolute Gasteiger partial charge is 0.205 e. The number of nitriles is 1. The van der Waals surface area contributed by atoms with Gasteiger partial charge in [-0.05, 0) is 56.3 Å². The van der Waals surface area contributed by atoms with Gasteiger partial charge in [-0.3, -0.25) is 4.79 Å². The van der Waals surface area contributed by atoms with Gasteiger partial charge in [0.25, 0.3) is 0 Å². The van der Waals surface area contributed by atoms with E-state index in [1.54, 1.807) is 60.9 Å². The highest BCUT2D eigenvalue weighted by Gasteiger charge is 2.21. The number of aromatic nitrogens is 1. The third-order valence-corrected chi connectivity index (χ3v) is 4.87. The maximum Gasteiger partial charge on any atom is 0.205 e. The summed E-state index contributed by atoms with van der Waals surface area (Å²) in [5.41, 5.74) is 2.42. The van der Waals surface area contributed by atoms with Crippen LogP contribution in [0.2, 0.25) is 0 Å². The van der Waals surface area contributed by atoms with Gasteiger partial charge < -0.3 is 14.0 Å². The predicted molar refractivity (Wildman–Crippen MR) is 113 cm³/mol. The maximum absolute atomic E-state index is 14.3. The zero-order valence-corrected chi connectivity index (χ0v) is 17.2. The second-order valence-corrected chi connectivity index (χ2v) is 6.68. The van der Waals surface area contributed by atoms with Gasteiger partial charge in [0.05, 0.1) is 19.9 Å². The Kier molecular flexibility index (Phi) is 6.03. The zero-order chi connectivity index (χ0) is 21.8. The van der Waals surface area contributed by atoms with E-state index >= 15 is 0 Å². The first-order valence-electron chi connectivity index (χ1n) is 9.23. The van der Waals surface area contributed by atoms with Crippen molar-refractivity contribution in [1.82, 2.24) is 4.57 Å². The van der Waals surface area contributed by atoms with E-state index in [1.165, 1.54) is 26.4 Å². The SMILES string of the molecule is COc1ccc(OC)c(C=C(C#N)C(=O)c2cc(C)n(-c3ccccc3F)c2C)c1. The average Bonchev–Trinajstić information content (AvgIpc) is 3.05. The third-order valence-electron chi connectivity index (χ3n) is 4.87. The third kappa shape index (κ3) is 3.83. The molecular weight excluding hydrogens is 383 g/mol. The van der Waals surface area contributed by atoms with Crippen LogP contribution in [0.25, 0.3) is 11.8 Å². The van der Waals surface area contributed by atoms with Gasteiger partial charge in [-0.15, -0.1) is 0 Å². The lowest BCUT2D eigenvalue weighted by molar-refractivity contribution is 0.103. The molecule has 1 aromatic heterocycles. The van der Waals surface area contributed by atoms with Crippen molar-refractivity contribution in [3.05, 3.63) is 82.4 Å². The molecule has 0 radical (unpaired) electrons. The standard InChI is InChI=1S/C24H21FN2O3/c1-15-11-20(16(2)27(15)22-8-6-5-7-21(22)25)24(28)18(14-26)12-17-13-19(29-3)9-10-23(17)30-4/h5-13H,1-4H3. The van der Waals surface area contributed by atoms with Crippen LogP contribution in [0, 0.1) is 31.0 Å². The molecular formula is C24H21FN2O3. The van der Waals surface area contributed by atoms with Crippen LogP contribution in [0.1, 0.15) is 27.3 Å². The first kappa shape index (κ1) is 20.9. The summed E-state index contributed by atoms with van der Waals surface area (Å²) in [7, 11) is 3.04. The molecule has 0 bridgehead atoms. The number of nitrogens with zero attached hydrogens (tertiary/aromatic N) is 2. The maximum atomic E-state index is 14.3. The average molecular weight is 404 g/mol. The van der Waals surface area contributed by atoms with Crippen molar-refractivity contribution in [3.63, 3.8) is 0 Å². The van der Waals surface area contributed by atoms with Crippen molar-refractivity contribution in [2.75, 3.05) is 14.2 Å². The predicted octanol–water partition coefficient (Wildman–Crippen LogP) is 5.04. The Morgan fingerprint density at radius 1 is 1.10 bits per heavy atom. The summed E-state index contributed by atoms with van der Waals surface area (Å²) in [6.45, 7) is 3.52. The van der Waals surface area contributed by atoms with Crippen molar-refractivity contribution in [2.24, 2.45) is 0 Å². The molecule has 0 spiro atoms. The molecule has 3 rings (SSSR count). The molecule has 0 amide bonds. The van der Waals surface area contributed by atoms with Crippen LogP contribution in [0.3, 0.4) is 0 Å². The molecule has 0 saturated heterocycles. The Bertz CT molecular complexity index is 1190. The van der Waals surface area contributed by atoms with Crippen LogP contribution >= 0.6 is 0 Å². The number of allylic oxidation sites excluding steroid dienone is 1. The van der Waals surface area contributed by atoms with Crippen LogP contribution in [-0.4, -0.2) is 24.6 Å². The molecule has 5 nitrogen and oxygen atoms in total. The second-order valence-electron chi connectivity index (χ2n) is 6.68. The summed E-state index contributed by atoms with van der Waals surface area (Å²) < 4.78 is 26.5. The number of Topliss-reactive ketones (excluding diaryl/α,β-unsaturated/α-hetero) is 1. The van der Waals surface area contributed by atoms with Gasteiger partial charge in [0.15, 0.2) is 0 Å². The number of carbonyl (C=O) groups is 1. The van der Waals surface area contributed by atoms with Crippen molar-refractivity contribution in [1.29, 1.82) is 5.26 Å². The minimum Gasteiger partial charge on any atom is -0.497 e. The Morgan fingerprint density at radius 2 is 1.83 bits per heavy atom. The molecule has 6 heteroatoms. The molecule has 0 N–H and O–H groups in total. The van der Waals surface area contributed by atoms with E-state index in [9.17, 15) is 14.4 Å². The van der Waals surface area contributed by atoms with Crippen molar-refractivity contribution in [3.8, 4) is 23.3 Å². The number of ether oxygens (including phenoxy) is 2. The fourth-order valence-corrected chi connectivity index (χ4v) is 3.40. The van der Waals surface area contributed by atoms with Gasteiger partial charge in [-0.1, -0.05) is 12.1 Å². The number of halogens is 1. The minimum atomic E-state index is -0.446. The number of aryl methyl sites for hydroxylation is 1. The Balaban J connectivity index is 2.09. The molecule has 0 fully saturated rings. The fraction of sp³-hybridized carbons (Fsp3) is 0.167. The van der Waals surface area contributed by atoms with E-state index in [1.807, 2.05) is 6.07 Å². The molecule has 0 unspecified atom stereocenters. The lowest BCUT2D eigenvalue weighted by atomic mass is 10.0. The summed E-state index contributed by atoms with van der Waals surface area (Å²) in [6, 6.07) is 15.1. The zero-order valence-electron chi connectivity index (χ0n) is 17.2. The van der Waals surface area contributed by atoms with Crippen LogP contribution in [0.4, 0.5) is 4.39 Å². The summed E-state index contributed by atoms with van der Waals surface area (Å²) in [6.07, 6.45) is 1.47. The number of hydrogen-bond donors (Lipinski definition) is 0. The monoisotopic (exact) mass is 404 g/mol. The Hall–Kier alpha value is -3.85. The van der Waals surface area contributed by atoms with E-state index in [4.69, 9.17) is 9.47 Å². The number of rotatable bonds is 6. The molecule has 1 heterocycles. The summed E-state index contributed by atoms with van der Waals surface area (Å²) >= 11 is 0. The number of para-hydroxylation sites is 1. The number of benzene rings is 2. The van der Waals surface area contributed by atoms with E-state index < -0.39 is 11.6 Å². The Labute approximate surface area is 174 Å². The lowest BCUT2D eigenvalue weighted by Crippen LogP contribution is -2.06.